The van der Waals surface area contributed by atoms with Crippen LogP contribution < -0.4 is 0 Å². The molecule has 1 rings (SSSR count). The number of sulfonamides is 1. The second-order valence-corrected chi connectivity index (χ2v) is 5.16. The monoisotopic (exact) mass is 217 g/mol. The number of nitrogens with zero attached hydrogens (tertiary/aromatic N) is 1. The molecule has 0 fully saturated rings. The topological polar surface area (TPSA) is 50.5 Å². The van der Waals surface area contributed by atoms with Gasteiger partial charge < -0.3 is 4.42 Å². The lowest BCUT2D eigenvalue weighted by Crippen LogP contribution is -2.31. The minimum absolute atomic E-state index is 0.127. The second kappa shape index (κ2) is 4.61. The van der Waals surface area contributed by atoms with Gasteiger partial charge in [0.2, 0.25) is 10.0 Å². The van der Waals surface area contributed by atoms with Crippen LogP contribution >= 0.6 is 0 Å². The lowest BCUT2D eigenvalue weighted by molar-refractivity contribution is 0.376. The molecule has 0 saturated carbocycles. The Kier molecular flexibility index (Phi) is 3.71. The van der Waals surface area contributed by atoms with Crippen molar-refractivity contribution in [3.05, 3.63) is 24.2 Å². The molecule has 0 aliphatic rings. The standard InChI is InChI=1S/C9H15NO3S/c1-3-10(14(11,12)4-2)8-9-6-5-7-13-9/h5-7H,3-4,8H2,1-2H3. The van der Waals surface area contributed by atoms with E-state index in [0.717, 1.165) is 0 Å². The van der Waals surface area contributed by atoms with Crippen LogP contribution in [0.25, 0.3) is 0 Å². The summed E-state index contributed by atoms with van der Waals surface area (Å²) in [7, 11) is -3.11. The molecule has 4 nitrogen and oxygen atoms in total. The fourth-order valence-electron chi connectivity index (χ4n) is 1.17. The predicted molar refractivity (Wildman–Crippen MR) is 54.3 cm³/mol. The smallest absolute Gasteiger partial charge is 0.214 e. The Hall–Kier alpha value is -0.810. The summed E-state index contributed by atoms with van der Waals surface area (Å²) >= 11 is 0. The van der Waals surface area contributed by atoms with Crippen LogP contribution in [0.3, 0.4) is 0 Å². The molecule has 0 aromatic carbocycles. The van der Waals surface area contributed by atoms with Crippen molar-refractivity contribution in [3.8, 4) is 0 Å². The molecule has 0 spiro atoms. The van der Waals surface area contributed by atoms with Crippen LogP contribution in [-0.2, 0) is 16.6 Å². The van der Waals surface area contributed by atoms with Gasteiger partial charge in [-0.05, 0) is 19.1 Å². The Morgan fingerprint density at radius 1 is 1.43 bits per heavy atom. The van der Waals surface area contributed by atoms with Crippen molar-refractivity contribution in [1.82, 2.24) is 4.31 Å². The third-order valence-electron chi connectivity index (χ3n) is 2.02. The van der Waals surface area contributed by atoms with E-state index in [1.54, 1.807) is 25.3 Å². The number of furan rings is 1. The van der Waals surface area contributed by atoms with Crippen molar-refractivity contribution < 1.29 is 12.8 Å². The molecule has 5 heteroatoms. The van der Waals surface area contributed by atoms with Crippen LogP contribution in [-0.4, -0.2) is 25.0 Å². The van der Waals surface area contributed by atoms with E-state index < -0.39 is 10.0 Å². The summed E-state index contributed by atoms with van der Waals surface area (Å²) in [6.45, 7) is 4.24. The van der Waals surface area contributed by atoms with E-state index >= 15 is 0 Å². The quantitative estimate of drug-likeness (QED) is 0.750. The maximum atomic E-state index is 11.5. The zero-order chi connectivity index (χ0) is 10.6. The minimum atomic E-state index is -3.11. The van der Waals surface area contributed by atoms with E-state index in [4.69, 9.17) is 4.42 Å². The second-order valence-electron chi connectivity index (χ2n) is 2.91. The van der Waals surface area contributed by atoms with Gasteiger partial charge in [0.1, 0.15) is 5.76 Å². The highest BCUT2D eigenvalue weighted by Gasteiger charge is 2.18. The largest absolute Gasteiger partial charge is 0.468 e. The van der Waals surface area contributed by atoms with Crippen molar-refractivity contribution >= 4 is 10.0 Å². The summed E-state index contributed by atoms with van der Waals surface area (Å²) in [5, 5.41) is 0. The van der Waals surface area contributed by atoms with Crippen molar-refractivity contribution in [2.24, 2.45) is 0 Å². The lowest BCUT2D eigenvalue weighted by Gasteiger charge is -2.17. The first-order valence-electron chi connectivity index (χ1n) is 4.60. The van der Waals surface area contributed by atoms with E-state index in [0.29, 0.717) is 18.8 Å². The number of rotatable bonds is 5. The van der Waals surface area contributed by atoms with Gasteiger partial charge in [-0.2, -0.15) is 4.31 Å². The molecule has 0 N–H and O–H groups in total. The SMILES string of the molecule is CCN(Cc1ccco1)S(=O)(=O)CC. The van der Waals surface area contributed by atoms with Gasteiger partial charge in [-0.1, -0.05) is 6.92 Å². The van der Waals surface area contributed by atoms with Gasteiger partial charge in [-0.15, -0.1) is 0 Å². The molecule has 1 heterocycles. The predicted octanol–water partition coefficient (Wildman–Crippen LogP) is 1.45. The molecular weight excluding hydrogens is 202 g/mol. The van der Waals surface area contributed by atoms with Gasteiger partial charge in [0.15, 0.2) is 0 Å². The highest BCUT2D eigenvalue weighted by Crippen LogP contribution is 2.09. The van der Waals surface area contributed by atoms with Gasteiger partial charge in [0.25, 0.3) is 0 Å². The Bertz CT molecular complexity index is 355. The zero-order valence-corrected chi connectivity index (χ0v) is 9.25. The first-order chi connectivity index (χ1) is 6.60. The van der Waals surface area contributed by atoms with Crippen LogP contribution in [0.5, 0.6) is 0 Å². The first-order valence-corrected chi connectivity index (χ1v) is 6.21. The number of hydrogen-bond donors (Lipinski definition) is 0. The van der Waals surface area contributed by atoms with Crippen molar-refractivity contribution in [1.29, 1.82) is 0 Å². The highest BCUT2D eigenvalue weighted by molar-refractivity contribution is 7.89. The number of hydrogen-bond acceptors (Lipinski definition) is 3. The minimum Gasteiger partial charge on any atom is -0.468 e. The van der Waals surface area contributed by atoms with Gasteiger partial charge in [0.05, 0.1) is 18.6 Å². The Labute approximate surface area is 84.6 Å². The Morgan fingerprint density at radius 2 is 2.14 bits per heavy atom. The fraction of sp³-hybridized carbons (Fsp3) is 0.556. The lowest BCUT2D eigenvalue weighted by atomic mass is 10.4. The summed E-state index contributed by atoms with van der Waals surface area (Å²) in [6, 6.07) is 3.52. The molecule has 80 valence electrons. The summed E-state index contributed by atoms with van der Waals surface area (Å²) in [5.74, 6) is 0.797. The van der Waals surface area contributed by atoms with Gasteiger partial charge in [-0.3, -0.25) is 0 Å². The molecule has 0 aliphatic heterocycles. The molecule has 0 amide bonds. The van der Waals surface area contributed by atoms with E-state index in [-0.39, 0.29) is 5.75 Å². The van der Waals surface area contributed by atoms with E-state index in [9.17, 15) is 8.42 Å². The summed E-state index contributed by atoms with van der Waals surface area (Å²) in [4.78, 5) is 0. The molecule has 0 saturated heterocycles. The molecule has 0 aliphatic carbocycles. The summed E-state index contributed by atoms with van der Waals surface area (Å²) in [6.07, 6.45) is 1.54. The van der Waals surface area contributed by atoms with Gasteiger partial charge >= 0.3 is 0 Å². The van der Waals surface area contributed by atoms with E-state index in [1.165, 1.54) is 4.31 Å². The third-order valence-corrected chi connectivity index (χ3v) is 3.93. The summed E-state index contributed by atoms with van der Waals surface area (Å²) in [5.41, 5.74) is 0. The molecule has 0 unspecified atom stereocenters. The fourth-order valence-corrected chi connectivity index (χ4v) is 2.25. The third kappa shape index (κ3) is 2.59. The van der Waals surface area contributed by atoms with E-state index in [1.807, 2.05) is 6.92 Å². The average Bonchev–Trinajstić information content (AvgIpc) is 2.66. The molecule has 0 atom stereocenters. The maximum Gasteiger partial charge on any atom is 0.214 e. The summed E-state index contributed by atoms with van der Waals surface area (Å²) < 4.78 is 29.6. The average molecular weight is 217 g/mol. The molecule has 0 bridgehead atoms. The normalized spacial score (nSPS) is 12.2. The molecule has 14 heavy (non-hydrogen) atoms. The van der Waals surface area contributed by atoms with Crippen LogP contribution in [0.1, 0.15) is 19.6 Å². The molecule has 0 radical (unpaired) electrons. The first kappa shape index (κ1) is 11.3. The van der Waals surface area contributed by atoms with Crippen LogP contribution in [0, 0.1) is 0 Å². The van der Waals surface area contributed by atoms with Crippen molar-refractivity contribution in [3.63, 3.8) is 0 Å². The van der Waals surface area contributed by atoms with E-state index in [2.05, 4.69) is 0 Å². The zero-order valence-electron chi connectivity index (χ0n) is 8.43. The van der Waals surface area contributed by atoms with Crippen LogP contribution in [0.2, 0.25) is 0 Å². The molecular formula is C9H15NO3S. The molecule has 1 aromatic heterocycles. The molecule has 1 aromatic rings. The Balaban J connectivity index is 2.74. The van der Waals surface area contributed by atoms with Crippen LogP contribution in [0.15, 0.2) is 22.8 Å². The van der Waals surface area contributed by atoms with Crippen molar-refractivity contribution in [2.45, 2.75) is 20.4 Å². The Morgan fingerprint density at radius 3 is 2.57 bits per heavy atom. The van der Waals surface area contributed by atoms with Gasteiger partial charge in [0, 0.05) is 6.54 Å². The highest BCUT2D eigenvalue weighted by atomic mass is 32.2. The van der Waals surface area contributed by atoms with Gasteiger partial charge in [-0.25, -0.2) is 8.42 Å². The maximum absolute atomic E-state index is 11.5. The van der Waals surface area contributed by atoms with Crippen LogP contribution in [0.4, 0.5) is 0 Å². The van der Waals surface area contributed by atoms with Crippen molar-refractivity contribution in [2.75, 3.05) is 12.3 Å².